The van der Waals surface area contributed by atoms with Crippen molar-refractivity contribution in [3.05, 3.63) is 146 Å². The Morgan fingerprint density at radius 3 is 1.79 bits per heavy atom. The molecule has 0 N–H and O–H groups in total. The molecule has 0 bridgehead atoms. The van der Waals surface area contributed by atoms with Crippen LogP contribution in [0.15, 0.2) is 146 Å². The Bertz CT molecular complexity index is 2530. The van der Waals surface area contributed by atoms with Crippen LogP contribution in [-0.2, 0) is 0 Å². The lowest BCUT2D eigenvalue weighted by molar-refractivity contribution is 1.30. The van der Waals surface area contributed by atoms with Crippen LogP contribution in [0.2, 0.25) is 0 Å². The number of hydrogen-bond donors (Lipinski definition) is 0. The van der Waals surface area contributed by atoms with Crippen molar-refractivity contribution in [3.63, 3.8) is 0 Å². The normalized spacial score (nSPS) is 11.8. The van der Waals surface area contributed by atoms with E-state index in [9.17, 15) is 0 Å². The second-order valence-electron chi connectivity index (χ2n) is 11.0. The van der Waals surface area contributed by atoms with E-state index in [4.69, 9.17) is 9.97 Å². The van der Waals surface area contributed by atoms with Crippen LogP contribution in [0.5, 0.6) is 0 Å². The molecule has 0 saturated carbocycles. The summed E-state index contributed by atoms with van der Waals surface area (Å²) >= 11 is 0. The van der Waals surface area contributed by atoms with Crippen molar-refractivity contribution >= 4 is 64.9 Å². The molecule has 1 heterocycles. The summed E-state index contributed by atoms with van der Waals surface area (Å²) in [6.45, 7) is 0. The molecule has 42 heavy (non-hydrogen) atoms. The third-order valence-corrected chi connectivity index (χ3v) is 8.60. The minimum Gasteiger partial charge on any atom is -0.244 e. The third-order valence-electron chi connectivity index (χ3n) is 8.60. The van der Waals surface area contributed by atoms with Gasteiger partial charge in [-0.3, -0.25) is 0 Å². The molecular formula is C40H24N2. The maximum atomic E-state index is 5.33. The van der Waals surface area contributed by atoms with E-state index in [-0.39, 0.29) is 0 Å². The highest BCUT2D eigenvalue weighted by Gasteiger charge is 2.18. The van der Waals surface area contributed by atoms with Crippen LogP contribution in [0.3, 0.4) is 0 Å². The molecule has 0 saturated heterocycles. The zero-order valence-electron chi connectivity index (χ0n) is 22.8. The first-order valence-corrected chi connectivity index (χ1v) is 14.3. The molecular weight excluding hydrogens is 508 g/mol. The molecule has 0 spiro atoms. The van der Waals surface area contributed by atoms with Crippen LogP contribution >= 0.6 is 0 Å². The van der Waals surface area contributed by atoms with Gasteiger partial charge in [0, 0.05) is 11.1 Å². The molecule has 0 fully saturated rings. The van der Waals surface area contributed by atoms with Crippen molar-refractivity contribution in [2.24, 2.45) is 0 Å². The molecule has 0 unspecified atom stereocenters. The van der Waals surface area contributed by atoms with E-state index < -0.39 is 0 Å². The number of fused-ring (bicyclic) bond motifs is 9. The van der Waals surface area contributed by atoms with Gasteiger partial charge in [-0.25, -0.2) is 9.97 Å². The van der Waals surface area contributed by atoms with Crippen molar-refractivity contribution in [1.82, 2.24) is 9.97 Å². The Morgan fingerprint density at radius 2 is 0.929 bits per heavy atom. The van der Waals surface area contributed by atoms with Crippen LogP contribution in [0, 0.1) is 0 Å². The molecule has 2 nitrogen and oxygen atoms in total. The maximum absolute atomic E-state index is 5.33. The summed E-state index contributed by atoms with van der Waals surface area (Å²) < 4.78 is 0. The highest BCUT2D eigenvalue weighted by Crippen LogP contribution is 2.42. The summed E-state index contributed by atoms with van der Waals surface area (Å²) in [4.78, 5) is 10.6. The van der Waals surface area contributed by atoms with Gasteiger partial charge in [0.1, 0.15) is 0 Å². The van der Waals surface area contributed by atoms with Gasteiger partial charge >= 0.3 is 0 Å². The van der Waals surface area contributed by atoms with Gasteiger partial charge in [-0.2, -0.15) is 0 Å². The van der Waals surface area contributed by atoms with Gasteiger partial charge in [-0.15, -0.1) is 0 Å². The van der Waals surface area contributed by atoms with Gasteiger partial charge in [0.05, 0.1) is 22.4 Å². The van der Waals surface area contributed by atoms with Gasteiger partial charge in [0.2, 0.25) is 0 Å². The van der Waals surface area contributed by atoms with E-state index in [0.29, 0.717) is 0 Å². The fourth-order valence-corrected chi connectivity index (χ4v) is 6.61. The summed E-state index contributed by atoms with van der Waals surface area (Å²) in [7, 11) is 0. The third kappa shape index (κ3) is 3.45. The molecule has 8 aromatic carbocycles. The van der Waals surface area contributed by atoms with Gasteiger partial charge in [-0.05, 0) is 72.1 Å². The van der Waals surface area contributed by atoms with E-state index >= 15 is 0 Å². The van der Waals surface area contributed by atoms with Crippen molar-refractivity contribution in [2.45, 2.75) is 0 Å². The van der Waals surface area contributed by atoms with E-state index in [1.807, 2.05) is 18.2 Å². The average molecular weight is 533 g/mol. The fraction of sp³-hybridized carbons (Fsp3) is 0. The van der Waals surface area contributed by atoms with E-state index in [2.05, 4.69) is 127 Å². The first-order valence-electron chi connectivity index (χ1n) is 14.3. The lowest BCUT2D eigenvalue weighted by atomic mass is 9.90. The molecule has 0 atom stereocenters. The summed E-state index contributed by atoms with van der Waals surface area (Å²) in [5, 5.41) is 12.3. The summed E-state index contributed by atoms with van der Waals surface area (Å²) in [5.74, 6) is 0. The van der Waals surface area contributed by atoms with Crippen LogP contribution in [0.1, 0.15) is 0 Å². The molecule has 194 valence electrons. The second-order valence-corrected chi connectivity index (χ2v) is 11.0. The number of rotatable bonds is 2. The van der Waals surface area contributed by atoms with Crippen LogP contribution in [-0.4, -0.2) is 9.97 Å². The minimum atomic E-state index is 0.894. The van der Waals surface area contributed by atoms with Crippen molar-refractivity contribution in [3.8, 4) is 22.5 Å². The fourth-order valence-electron chi connectivity index (χ4n) is 6.61. The molecule has 9 rings (SSSR count). The minimum absolute atomic E-state index is 0.894. The first kappa shape index (κ1) is 23.1. The van der Waals surface area contributed by atoms with Crippen LogP contribution in [0.25, 0.3) is 87.4 Å². The highest BCUT2D eigenvalue weighted by molar-refractivity contribution is 6.27. The largest absolute Gasteiger partial charge is 0.244 e. The molecule has 0 aliphatic carbocycles. The zero-order chi connectivity index (χ0) is 27.6. The summed E-state index contributed by atoms with van der Waals surface area (Å²) in [6.07, 6.45) is 0. The number of aromatic nitrogens is 2. The number of benzene rings is 8. The lowest BCUT2D eigenvalue weighted by Crippen LogP contribution is -1.97. The van der Waals surface area contributed by atoms with Gasteiger partial charge in [-0.1, -0.05) is 127 Å². The Balaban J connectivity index is 1.43. The van der Waals surface area contributed by atoms with Gasteiger partial charge in [0.25, 0.3) is 0 Å². The zero-order valence-corrected chi connectivity index (χ0v) is 22.8. The Hall–Kier alpha value is -5.60. The quantitative estimate of drug-likeness (QED) is 0.207. The van der Waals surface area contributed by atoms with E-state index in [0.717, 1.165) is 33.5 Å². The Kier molecular flexibility index (Phi) is 4.93. The molecule has 0 aliphatic rings. The molecule has 2 heteroatoms. The lowest BCUT2D eigenvalue weighted by Gasteiger charge is -2.16. The van der Waals surface area contributed by atoms with E-state index in [1.54, 1.807) is 0 Å². The SMILES string of the molecule is c1ccc2cc(-c3nc4ccccc4nc3-c3cccc4ccc5ccc6c7ccccc7ccc6c5c34)ccc2c1. The van der Waals surface area contributed by atoms with Crippen LogP contribution < -0.4 is 0 Å². The molecule has 1 aromatic heterocycles. The van der Waals surface area contributed by atoms with Crippen molar-refractivity contribution in [1.29, 1.82) is 0 Å². The molecule has 0 aliphatic heterocycles. The number of para-hydroxylation sites is 2. The smallest absolute Gasteiger partial charge is 0.0979 e. The highest BCUT2D eigenvalue weighted by atomic mass is 14.8. The standard InChI is InChI=1S/C40H24N2/c1-2-10-29-24-30(19-16-25(29)8-1)39-40(42-36-15-6-5-14-35(36)41-39)34-13-7-11-27-17-18-28-21-22-32-31-12-4-3-9-26(31)20-23-33(32)37(28)38(27)34/h1-24H. The molecule has 0 amide bonds. The number of hydrogen-bond acceptors (Lipinski definition) is 2. The van der Waals surface area contributed by atoms with E-state index in [1.165, 1.54) is 53.9 Å². The van der Waals surface area contributed by atoms with Crippen molar-refractivity contribution < 1.29 is 0 Å². The Morgan fingerprint density at radius 1 is 0.333 bits per heavy atom. The maximum Gasteiger partial charge on any atom is 0.0979 e. The monoisotopic (exact) mass is 532 g/mol. The second kappa shape index (κ2) is 8.95. The molecule has 9 aromatic rings. The van der Waals surface area contributed by atoms with Crippen molar-refractivity contribution in [2.75, 3.05) is 0 Å². The number of nitrogens with zero attached hydrogens (tertiary/aromatic N) is 2. The average Bonchev–Trinajstić information content (AvgIpc) is 3.06. The van der Waals surface area contributed by atoms with Gasteiger partial charge in [0.15, 0.2) is 0 Å². The molecule has 0 radical (unpaired) electrons. The predicted molar refractivity (Wildman–Crippen MR) is 178 cm³/mol. The van der Waals surface area contributed by atoms with Gasteiger partial charge < -0.3 is 0 Å². The topological polar surface area (TPSA) is 25.8 Å². The van der Waals surface area contributed by atoms with Crippen LogP contribution in [0.4, 0.5) is 0 Å². The summed E-state index contributed by atoms with van der Waals surface area (Å²) in [5.41, 5.74) is 5.75. The predicted octanol–water partition coefficient (Wildman–Crippen LogP) is 10.7. The summed E-state index contributed by atoms with van der Waals surface area (Å²) in [6, 6.07) is 52.0. The first-order chi connectivity index (χ1) is 20.8. The Labute approximate surface area is 242 Å².